The molecule has 1 aromatic heterocycles. The predicted molar refractivity (Wildman–Crippen MR) is 81.4 cm³/mol. The van der Waals surface area contributed by atoms with Crippen molar-refractivity contribution >= 4 is 25.3 Å². The van der Waals surface area contributed by atoms with Gasteiger partial charge in [-0.2, -0.15) is 4.98 Å². The SMILES string of the molecule is Nc1nc2c(c(=O)[nH]1)N(N=O)[C@@H]1[C@H](N2)O[C@@H]2COP(=O)(O)O[C@@H]2C1(O)O. The molecule has 2 saturated heterocycles. The fraction of sp³-hybridized carbons (Fsp3) is 0.600. The monoisotopic (exact) mass is 392 g/mol. The van der Waals surface area contributed by atoms with Gasteiger partial charge in [-0.05, 0) is 0 Å². The molecule has 0 amide bonds. The number of phosphoric acid groups is 1. The van der Waals surface area contributed by atoms with Crippen molar-refractivity contribution in [1.82, 2.24) is 9.97 Å². The molecule has 4 rings (SSSR count). The van der Waals surface area contributed by atoms with Crippen LogP contribution in [0.4, 0.5) is 17.5 Å². The molecule has 0 spiro atoms. The first-order valence-corrected chi connectivity index (χ1v) is 8.68. The van der Waals surface area contributed by atoms with Crippen LogP contribution in [-0.4, -0.2) is 61.9 Å². The Kier molecular flexibility index (Phi) is 3.61. The molecule has 0 aromatic carbocycles. The average molecular weight is 392 g/mol. The number of ether oxygens (including phenoxy) is 1. The summed E-state index contributed by atoms with van der Waals surface area (Å²) in [6.45, 7) is -0.488. The molecule has 16 heteroatoms. The Labute approximate surface area is 143 Å². The third-order valence-corrected chi connectivity index (χ3v) is 5.19. The van der Waals surface area contributed by atoms with Crippen LogP contribution >= 0.6 is 7.82 Å². The first-order valence-electron chi connectivity index (χ1n) is 7.19. The van der Waals surface area contributed by atoms with E-state index in [1.165, 1.54) is 0 Å². The van der Waals surface area contributed by atoms with Crippen LogP contribution in [0.15, 0.2) is 10.1 Å². The van der Waals surface area contributed by atoms with E-state index in [9.17, 15) is 29.4 Å². The van der Waals surface area contributed by atoms with E-state index in [-0.39, 0.29) is 11.8 Å². The number of aliphatic hydroxyl groups is 2. The molecule has 142 valence electrons. The average Bonchev–Trinajstić information content (AvgIpc) is 2.53. The lowest BCUT2D eigenvalue weighted by Gasteiger charge is -2.53. The van der Waals surface area contributed by atoms with Gasteiger partial charge in [0.15, 0.2) is 29.9 Å². The number of hydrogen-bond acceptors (Lipinski definition) is 12. The molecule has 0 bridgehead atoms. The largest absolute Gasteiger partial charge is 0.472 e. The predicted octanol–water partition coefficient (Wildman–Crippen LogP) is -2.44. The Morgan fingerprint density at radius 2 is 2.19 bits per heavy atom. The van der Waals surface area contributed by atoms with Crippen molar-refractivity contribution in [2.75, 3.05) is 22.7 Å². The fourth-order valence-corrected chi connectivity index (χ4v) is 4.17. The Bertz CT molecular complexity index is 875. The van der Waals surface area contributed by atoms with Crippen LogP contribution in [0.3, 0.4) is 0 Å². The van der Waals surface area contributed by atoms with Crippen LogP contribution < -0.4 is 21.6 Å². The molecule has 1 aromatic rings. The molecule has 3 aliphatic heterocycles. The quantitative estimate of drug-likeness (QED) is 0.166. The van der Waals surface area contributed by atoms with Crippen LogP contribution in [-0.2, 0) is 18.3 Å². The Morgan fingerprint density at radius 3 is 2.88 bits per heavy atom. The van der Waals surface area contributed by atoms with Crippen molar-refractivity contribution < 1.29 is 33.5 Å². The summed E-state index contributed by atoms with van der Waals surface area (Å²) in [7, 11) is -4.56. The van der Waals surface area contributed by atoms with E-state index >= 15 is 0 Å². The number of hydrogen-bond donors (Lipinski definition) is 6. The number of phosphoric ester groups is 1. The summed E-state index contributed by atoms with van der Waals surface area (Å²) < 4.78 is 26.5. The van der Waals surface area contributed by atoms with E-state index in [1.54, 1.807) is 0 Å². The van der Waals surface area contributed by atoms with E-state index in [0.717, 1.165) is 0 Å². The topological polar surface area (TPSA) is 222 Å². The summed E-state index contributed by atoms with van der Waals surface area (Å²) in [4.78, 5) is 38.9. The number of aromatic nitrogens is 2. The number of nitrogen functional groups attached to an aromatic ring is 1. The number of fused-ring (bicyclic) bond motifs is 3. The second kappa shape index (κ2) is 5.43. The Balaban J connectivity index is 1.82. The van der Waals surface area contributed by atoms with Crippen molar-refractivity contribution in [2.45, 2.75) is 30.3 Å². The molecule has 1 unspecified atom stereocenters. The van der Waals surface area contributed by atoms with Crippen molar-refractivity contribution in [2.24, 2.45) is 5.29 Å². The molecule has 3 aliphatic rings. The molecule has 5 atom stereocenters. The number of aromatic amines is 1. The molecule has 0 radical (unpaired) electrons. The third-order valence-electron chi connectivity index (χ3n) is 4.22. The maximum Gasteiger partial charge on any atom is 0.472 e. The smallest absolute Gasteiger partial charge is 0.369 e. The van der Waals surface area contributed by atoms with Crippen LogP contribution in [0.2, 0.25) is 0 Å². The number of rotatable bonds is 1. The van der Waals surface area contributed by atoms with Gasteiger partial charge in [-0.15, -0.1) is 4.91 Å². The summed E-state index contributed by atoms with van der Waals surface area (Å²) >= 11 is 0. The van der Waals surface area contributed by atoms with Gasteiger partial charge in [0.05, 0.1) is 11.9 Å². The minimum absolute atomic E-state index is 0.174. The van der Waals surface area contributed by atoms with Crippen molar-refractivity contribution in [3.63, 3.8) is 0 Å². The van der Waals surface area contributed by atoms with Gasteiger partial charge in [0.1, 0.15) is 6.10 Å². The lowest BCUT2D eigenvalue weighted by Crippen LogP contribution is -2.75. The molecule has 26 heavy (non-hydrogen) atoms. The second-order valence-corrected chi connectivity index (χ2v) is 7.24. The highest BCUT2D eigenvalue weighted by Crippen LogP contribution is 2.53. The van der Waals surface area contributed by atoms with Gasteiger partial charge in [-0.25, -0.2) is 9.57 Å². The van der Waals surface area contributed by atoms with E-state index < -0.39 is 55.9 Å². The van der Waals surface area contributed by atoms with Gasteiger partial charge in [0.2, 0.25) is 11.7 Å². The summed E-state index contributed by atoms with van der Waals surface area (Å²) in [5, 5.41) is 26.9. The zero-order chi connectivity index (χ0) is 18.9. The third kappa shape index (κ3) is 2.41. The summed E-state index contributed by atoms with van der Waals surface area (Å²) in [5.41, 5.74) is 4.14. The van der Waals surface area contributed by atoms with E-state index in [2.05, 4.69) is 25.1 Å². The van der Waals surface area contributed by atoms with Crippen LogP contribution in [0.1, 0.15) is 0 Å². The number of nitrogens with one attached hydrogen (secondary N) is 2. The van der Waals surface area contributed by atoms with E-state index in [0.29, 0.717) is 5.01 Å². The van der Waals surface area contributed by atoms with Crippen molar-refractivity contribution in [3.8, 4) is 0 Å². The minimum Gasteiger partial charge on any atom is -0.369 e. The van der Waals surface area contributed by atoms with E-state index in [4.69, 9.17) is 15.0 Å². The molecule has 0 aliphatic carbocycles. The highest BCUT2D eigenvalue weighted by Gasteiger charge is 2.64. The van der Waals surface area contributed by atoms with Crippen LogP contribution in [0.25, 0.3) is 0 Å². The lowest BCUT2D eigenvalue weighted by molar-refractivity contribution is -0.317. The molecule has 15 nitrogen and oxygen atoms in total. The number of nitroso groups, excluding NO2 is 1. The van der Waals surface area contributed by atoms with Gasteiger partial charge < -0.3 is 30.9 Å². The zero-order valence-electron chi connectivity index (χ0n) is 12.7. The molecule has 4 heterocycles. The number of H-pyrrole nitrogens is 1. The zero-order valence-corrected chi connectivity index (χ0v) is 13.6. The first-order chi connectivity index (χ1) is 12.1. The maximum absolute atomic E-state index is 12.1. The Morgan fingerprint density at radius 1 is 1.46 bits per heavy atom. The van der Waals surface area contributed by atoms with Gasteiger partial charge in [-0.3, -0.25) is 18.8 Å². The molecule has 2 fully saturated rings. The fourth-order valence-electron chi connectivity index (χ4n) is 3.20. The van der Waals surface area contributed by atoms with Gasteiger partial charge in [0, 0.05) is 0 Å². The number of nitrogens with two attached hydrogens (primary N) is 1. The van der Waals surface area contributed by atoms with Gasteiger partial charge in [0.25, 0.3) is 5.56 Å². The lowest BCUT2D eigenvalue weighted by atomic mass is 9.90. The van der Waals surface area contributed by atoms with Crippen molar-refractivity contribution in [3.05, 3.63) is 15.3 Å². The standard InChI is InChI=1S/C10H13N6O9P/c11-9-13-6-3(7(17)14-9)16(15-20)4-8(12-6)24-2-1-23-26(21,22)25-5(2)10(4,18)19/h2,4-5,8,18-19H,1H2,(H,21,22)(H4,11,12,13,14,17)/t2-,4-,5+,8-/m1/s1. The minimum atomic E-state index is -4.56. The van der Waals surface area contributed by atoms with Gasteiger partial charge >= 0.3 is 7.82 Å². The van der Waals surface area contributed by atoms with Crippen molar-refractivity contribution in [1.29, 1.82) is 0 Å². The first kappa shape index (κ1) is 17.3. The second-order valence-electron chi connectivity index (χ2n) is 5.83. The molecular formula is C10H13N6O9P. The normalized spacial score (nSPS) is 37.7. The van der Waals surface area contributed by atoms with Gasteiger partial charge in [-0.1, -0.05) is 0 Å². The van der Waals surface area contributed by atoms with Crippen LogP contribution in [0.5, 0.6) is 0 Å². The maximum atomic E-state index is 12.1. The number of anilines is 3. The molecule has 7 N–H and O–H groups in total. The summed E-state index contributed by atoms with van der Waals surface area (Å²) in [5.74, 6) is -3.36. The number of nitrogens with zero attached hydrogens (tertiary/aromatic N) is 3. The molecule has 0 saturated carbocycles. The summed E-state index contributed by atoms with van der Waals surface area (Å²) in [6.07, 6.45) is -4.25. The highest BCUT2D eigenvalue weighted by molar-refractivity contribution is 7.47. The molecular weight excluding hydrogens is 379 g/mol. The Hall–Kier alpha value is -2.13. The van der Waals surface area contributed by atoms with E-state index in [1.807, 2.05) is 0 Å². The highest BCUT2D eigenvalue weighted by atomic mass is 31.2. The van der Waals surface area contributed by atoms with Crippen LogP contribution in [0, 0.1) is 4.91 Å². The summed E-state index contributed by atoms with van der Waals surface area (Å²) in [6, 6.07) is -1.71.